The number of amides is 1. The van der Waals surface area contributed by atoms with Crippen LogP contribution in [0.5, 0.6) is 0 Å². The van der Waals surface area contributed by atoms with Gasteiger partial charge in [0.15, 0.2) is 0 Å². The van der Waals surface area contributed by atoms with Crippen LogP contribution in [0.25, 0.3) is 0 Å². The minimum absolute atomic E-state index is 0.0572. The highest BCUT2D eigenvalue weighted by Crippen LogP contribution is 2.14. The molecule has 0 aliphatic carbocycles. The molecule has 4 heteroatoms. The molecule has 3 nitrogen and oxygen atoms in total. The van der Waals surface area contributed by atoms with E-state index < -0.39 is 0 Å². The van der Waals surface area contributed by atoms with Crippen molar-refractivity contribution >= 4 is 5.91 Å². The summed E-state index contributed by atoms with van der Waals surface area (Å²) in [5.74, 6) is 0.240. The van der Waals surface area contributed by atoms with Gasteiger partial charge in [-0.3, -0.25) is 4.79 Å². The third kappa shape index (κ3) is 3.29. The van der Waals surface area contributed by atoms with Crippen LogP contribution in [-0.2, 0) is 11.2 Å². The summed E-state index contributed by atoms with van der Waals surface area (Å²) in [5.41, 5.74) is 1.03. The molecule has 0 spiro atoms. The van der Waals surface area contributed by atoms with Gasteiger partial charge in [0.25, 0.3) is 0 Å². The van der Waals surface area contributed by atoms with E-state index in [9.17, 15) is 9.18 Å². The van der Waals surface area contributed by atoms with Gasteiger partial charge in [-0.25, -0.2) is 4.39 Å². The van der Waals surface area contributed by atoms with Crippen molar-refractivity contribution in [1.29, 1.82) is 0 Å². The maximum absolute atomic E-state index is 12.7. The van der Waals surface area contributed by atoms with Crippen LogP contribution in [0.3, 0.4) is 0 Å². The smallest absolute Gasteiger partial charge is 0.237 e. The molecule has 2 unspecified atom stereocenters. The van der Waals surface area contributed by atoms with Crippen molar-refractivity contribution in [3.8, 4) is 0 Å². The van der Waals surface area contributed by atoms with E-state index >= 15 is 0 Å². The first-order valence-electron chi connectivity index (χ1n) is 6.42. The van der Waals surface area contributed by atoms with Crippen molar-refractivity contribution in [3.63, 3.8) is 0 Å². The van der Waals surface area contributed by atoms with E-state index in [1.165, 1.54) is 12.1 Å². The highest BCUT2D eigenvalue weighted by atomic mass is 19.1. The average Bonchev–Trinajstić information content (AvgIpc) is 2.78. The predicted octanol–water partition coefficient (Wildman–Crippen LogP) is 1.48. The summed E-state index contributed by atoms with van der Waals surface area (Å²) in [5, 5.41) is 6.12. The largest absolute Gasteiger partial charge is 0.354 e. The van der Waals surface area contributed by atoms with Crippen LogP contribution >= 0.6 is 0 Å². The molecule has 98 valence electrons. The molecule has 2 atom stereocenters. The number of carbonyl (C=O) groups excluding carboxylic acids is 1. The molecule has 1 aliphatic heterocycles. The lowest BCUT2D eigenvalue weighted by atomic mass is 10.0. The molecule has 0 bridgehead atoms. The normalized spacial score (nSPS) is 23.0. The summed E-state index contributed by atoms with van der Waals surface area (Å²) in [6.07, 6.45) is 1.78. The lowest BCUT2D eigenvalue weighted by Gasteiger charge is -2.15. The zero-order chi connectivity index (χ0) is 13.0. The first kappa shape index (κ1) is 13.0. The van der Waals surface area contributed by atoms with Gasteiger partial charge < -0.3 is 10.6 Å². The second-order valence-corrected chi connectivity index (χ2v) is 4.87. The highest BCUT2D eigenvalue weighted by molar-refractivity contribution is 5.82. The van der Waals surface area contributed by atoms with Gasteiger partial charge >= 0.3 is 0 Å². The highest BCUT2D eigenvalue weighted by Gasteiger charge is 2.28. The standard InChI is InChI=1S/C14H19FN2O/c1-10-6-8-16-13(10)14(18)17-9-7-11-2-4-12(15)5-3-11/h2-5,10,13,16H,6-9H2,1H3,(H,17,18). The minimum Gasteiger partial charge on any atom is -0.354 e. The zero-order valence-electron chi connectivity index (χ0n) is 10.6. The molecular weight excluding hydrogens is 231 g/mol. The van der Waals surface area contributed by atoms with Crippen molar-refractivity contribution in [2.75, 3.05) is 13.1 Å². The van der Waals surface area contributed by atoms with Crippen LogP contribution in [0.4, 0.5) is 4.39 Å². The van der Waals surface area contributed by atoms with Gasteiger partial charge in [-0.15, -0.1) is 0 Å². The van der Waals surface area contributed by atoms with E-state index in [4.69, 9.17) is 0 Å². The Morgan fingerprint density at radius 2 is 2.17 bits per heavy atom. The molecule has 1 amide bonds. The maximum atomic E-state index is 12.7. The second-order valence-electron chi connectivity index (χ2n) is 4.87. The number of hydrogen-bond acceptors (Lipinski definition) is 2. The number of hydrogen-bond donors (Lipinski definition) is 2. The van der Waals surface area contributed by atoms with E-state index in [1.54, 1.807) is 12.1 Å². The summed E-state index contributed by atoms with van der Waals surface area (Å²) in [6, 6.07) is 6.32. The Bertz CT molecular complexity index is 405. The first-order valence-corrected chi connectivity index (χ1v) is 6.42. The van der Waals surface area contributed by atoms with Crippen molar-refractivity contribution in [1.82, 2.24) is 10.6 Å². The van der Waals surface area contributed by atoms with E-state index in [0.717, 1.165) is 24.9 Å². The first-order chi connectivity index (χ1) is 8.66. The molecule has 1 aromatic carbocycles. The second kappa shape index (κ2) is 5.96. The summed E-state index contributed by atoms with van der Waals surface area (Å²) < 4.78 is 12.7. The van der Waals surface area contributed by atoms with Crippen LogP contribution in [0.1, 0.15) is 18.9 Å². The van der Waals surface area contributed by atoms with Crippen molar-refractivity contribution in [2.24, 2.45) is 5.92 Å². The van der Waals surface area contributed by atoms with Gasteiger partial charge in [0.2, 0.25) is 5.91 Å². The van der Waals surface area contributed by atoms with Gasteiger partial charge in [-0.05, 0) is 43.0 Å². The lowest BCUT2D eigenvalue weighted by molar-refractivity contribution is -0.123. The molecular formula is C14H19FN2O. The number of carbonyl (C=O) groups is 1. The number of halogens is 1. The molecule has 1 saturated heterocycles. The number of nitrogens with one attached hydrogen (secondary N) is 2. The molecule has 0 radical (unpaired) electrons. The Balaban J connectivity index is 1.75. The zero-order valence-corrected chi connectivity index (χ0v) is 10.6. The third-order valence-electron chi connectivity index (χ3n) is 3.44. The Morgan fingerprint density at radius 3 is 2.78 bits per heavy atom. The van der Waals surface area contributed by atoms with E-state index in [0.29, 0.717) is 12.5 Å². The Labute approximate surface area is 107 Å². The topological polar surface area (TPSA) is 41.1 Å². The predicted molar refractivity (Wildman–Crippen MR) is 68.7 cm³/mol. The Hall–Kier alpha value is -1.42. The summed E-state index contributed by atoms with van der Waals surface area (Å²) in [7, 11) is 0. The Morgan fingerprint density at radius 1 is 1.44 bits per heavy atom. The van der Waals surface area contributed by atoms with Crippen LogP contribution in [-0.4, -0.2) is 25.0 Å². The monoisotopic (exact) mass is 250 g/mol. The van der Waals surface area contributed by atoms with Crippen LogP contribution in [0.15, 0.2) is 24.3 Å². The van der Waals surface area contributed by atoms with E-state index in [2.05, 4.69) is 17.6 Å². The minimum atomic E-state index is -0.230. The summed E-state index contributed by atoms with van der Waals surface area (Å²) in [4.78, 5) is 11.9. The van der Waals surface area contributed by atoms with Crippen LogP contribution in [0, 0.1) is 11.7 Å². The third-order valence-corrected chi connectivity index (χ3v) is 3.44. The van der Waals surface area contributed by atoms with Crippen molar-refractivity contribution in [3.05, 3.63) is 35.6 Å². The number of benzene rings is 1. The molecule has 0 saturated carbocycles. The molecule has 0 aromatic heterocycles. The molecule has 1 fully saturated rings. The molecule has 1 aliphatic rings. The van der Waals surface area contributed by atoms with Gasteiger partial charge in [0.05, 0.1) is 6.04 Å². The lowest BCUT2D eigenvalue weighted by Crippen LogP contribution is -2.43. The van der Waals surface area contributed by atoms with E-state index in [-0.39, 0.29) is 17.8 Å². The van der Waals surface area contributed by atoms with Crippen LogP contribution < -0.4 is 10.6 Å². The molecule has 1 heterocycles. The van der Waals surface area contributed by atoms with Gasteiger partial charge in [0, 0.05) is 6.54 Å². The SMILES string of the molecule is CC1CCNC1C(=O)NCCc1ccc(F)cc1. The fourth-order valence-corrected chi connectivity index (χ4v) is 2.28. The van der Waals surface area contributed by atoms with Crippen LogP contribution in [0.2, 0.25) is 0 Å². The molecule has 18 heavy (non-hydrogen) atoms. The van der Waals surface area contributed by atoms with Crippen molar-refractivity contribution < 1.29 is 9.18 Å². The fourth-order valence-electron chi connectivity index (χ4n) is 2.28. The van der Waals surface area contributed by atoms with Gasteiger partial charge in [-0.2, -0.15) is 0 Å². The summed E-state index contributed by atoms with van der Waals surface area (Å²) in [6.45, 7) is 3.59. The van der Waals surface area contributed by atoms with E-state index in [1.807, 2.05) is 0 Å². The molecule has 2 N–H and O–H groups in total. The van der Waals surface area contributed by atoms with Gasteiger partial charge in [0.1, 0.15) is 5.82 Å². The average molecular weight is 250 g/mol. The molecule has 1 aromatic rings. The molecule has 2 rings (SSSR count). The van der Waals surface area contributed by atoms with Gasteiger partial charge in [-0.1, -0.05) is 19.1 Å². The maximum Gasteiger partial charge on any atom is 0.237 e. The quantitative estimate of drug-likeness (QED) is 0.850. The number of rotatable bonds is 4. The Kier molecular flexibility index (Phi) is 4.31. The summed E-state index contributed by atoms with van der Waals surface area (Å²) >= 11 is 0. The van der Waals surface area contributed by atoms with Crippen molar-refractivity contribution in [2.45, 2.75) is 25.8 Å². The fraction of sp³-hybridized carbons (Fsp3) is 0.500.